The second-order valence-corrected chi connectivity index (χ2v) is 4.28. The summed E-state index contributed by atoms with van der Waals surface area (Å²) < 4.78 is 0. The van der Waals surface area contributed by atoms with E-state index in [1.54, 1.807) is 0 Å². The maximum atomic E-state index is 10.0. The summed E-state index contributed by atoms with van der Waals surface area (Å²) in [7, 11) is 0. The summed E-state index contributed by atoms with van der Waals surface area (Å²) in [5.41, 5.74) is -0.465. The minimum absolute atomic E-state index is 0.285. The number of aliphatic hydroxyl groups excluding tert-OH is 1. The Morgan fingerprint density at radius 3 is 2.07 bits per heavy atom. The van der Waals surface area contributed by atoms with Crippen LogP contribution in [0, 0.1) is 5.92 Å². The van der Waals surface area contributed by atoms with Crippen LogP contribution in [0.25, 0.3) is 0 Å². The summed E-state index contributed by atoms with van der Waals surface area (Å²) in [6.45, 7) is 6.46. The van der Waals surface area contributed by atoms with Crippen molar-refractivity contribution in [3.05, 3.63) is 0 Å². The normalized spacial score (nSPS) is 14.4. The van der Waals surface area contributed by atoms with Gasteiger partial charge in [0.15, 0.2) is 0 Å². The van der Waals surface area contributed by atoms with Crippen molar-refractivity contribution in [1.82, 2.24) is 0 Å². The van der Waals surface area contributed by atoms with E-state index in [0.717, 1.165) is 38.5 Å². The number of hydrogen-bond donors (Lipinski definition) is 2. The third-order valence-electron chi connectivity index (χ3n) is 3.41. The Kier molecular flexibility index (Phi) is 7.20. The first-order valence-corrected chi connectivity index (χ1v) is 5.95. The van der Waals surface area contributed by atoms with E-state index in [1.165, 1.54) is 0 Å². The second-order valence-electron chi connectivity index (χ2n) is 4.28. The standard InChI is InChI=1S/C12H26O2/c1-4-11(10-13)8-7-9-12(14,5-2)6-3/h11,13-14H,4-10H2,1-3H3. The highest BCUT2D eigenvalue weighted by atomic mass is 16.3. The van der Waals surface area contributed by atoms with Crippen molar-refractivity contribution in [3.8, 4) is 0 Å². The summed E-state index contributed by atoms with van der Waals surface area (Å²) in [6, 6.07) is 0. The maximum absolute atomic E-state index is 10.0. The first-order valence-electron chi connectivity index (χ1n) is 5.95. The van der Waals surface area contributed by atoms with Gasteiger partial charge in [0.25, 0.3) is 0 Å². The van der Waals surface area contributed by atoms with E-state index in [1.807, 2.05) is 13.8 Å². The van der Waals surface area contributed by atoms with E-state index < -0.39 is 5.60 Å². The summed E-state index contributed by atoms with van der Waals surface area (Å²) in [4.78, 5) is 0. The van der Waals surface area contributed by atoms with Crippen LogP contribution < -0.4 is 0 Å². The van der Waals surface area contributed by atoms with Crippen molar-refractivity contribution in [2.45, 2.75) is 64.9 Å². The van der Waals surface area contributed by atoms with E-state index in [9.17, 15) is 5.11 Å². The van der Waals surface area contributed by atoms with Gasteiger partial charge in [-0.25, -0.2) is 0 Å². The minimum atomic E-state index is -0.465. The zero-order valence-electron chi connectivity index (χ0n) is 9.92. The molecule has 86 valence electrons. The van der Waals surface area contributed by atoms with Gasteiger partial charge in [-0.1, -0.05) is 33.6 Å². The first kappa shape index (κ1) is 13.9. The number of hydrogen-bond acceptors (Lipinski definition) is 2. The predicted octanol–water partition coefficient (Wildman–Crippen LogP) is 2.73. The average molecular weight is 202 g/mol. The van der Waals surface area contributed by atoms with Crippen molar-refractivity contribution in [2.24, 2.45) is 5.92 Å². The van der Waals surface area contributed by atoms with Crippen LogP contribution in [0.15, 0.2) is 0 Å². The van der Waals surface area contributed by atoms with Gasteiger partial charge in [-0.15, -0.1) is 0 Å². The first-order chi connectivity index (χ1) is 6.61. The molecule has 0 heterocycles. The minimum Gasteiger partial charge on any atom is -0.396 e. The molecule has 2 heteroatoms. The van der Waals surface area contributed by atoms with E-state index in [-0.39, 0.29) is 6.61 Å². The van der Waals surface area contributed by atoms with E-state index in [4.69, 9.17) is 5.11 Å². The molecule has 0 bridgehead atoms. The molecule has 0 saturated carbocycles. The molecule has 0 rings (SSSR count). The fourth-order valence-electron chi connectivity index (χ4n) is 1.75. The largest absolute Gasteiger partial charge is 0.396 e. The second kappa shape index (κ2) is 7.24. The van der Waals surface area contributed by atoms with Crippen LogP contribution in [0.4, 0.5) is 0 Å². The zero-order chi connectivity index (χ0) is 11.0. The van der Waals surface area contributed by atoms with Crippen LogP contribution in [0.5, 0.6) is 0 Å². The van der Waals surface area contributed by atoms with Crippen LogP contribution in [-0.4, -0.2) is 22.4 Å². The van der Waals surface area contributed by atoms with E-state index in [2.05, 4.69) is 6.92 Å². The van der Waals surface area contributed by atoms with Gasteiger partial charge in [-0.2, -0.15) is 0 Å². The molecule has 1 atom stereocenters. The molecule has 0 spiro atoms. The average Bonchev–Trinajstić information content (AvgIpc) is 2.24. The van der Waals surface area contributed by atoms with Gasteiger partial charge in [0.05, 0.1) is 5.60 Å². The topological polar surface area (TPSA) is 40.5 Å². The molecule has 0 radical (unpaired) electrons. The van der Waals surface area contributed by atoms with Gasteiger partial charge in [0, 0.05) is 6.61 Å². The van der Waals surface area contributed by atoms with Gasteiger partial charge in [-0.05, 0) is 31.6 Å². The Labute approximate surface area is 88.3 Å². The Morgan fingerprint density at radius 1 is 1.14 bits per heavy atom. The Morgan fingerprint density at radius 2 is 1.71 bits per heavy atom. The lowest BCUT2D eigenvalue weighted by Crippen LogP contribution is -2.26. The van der Waals surface area contributed by atoms with Gasteiger partial charge in [-0.3, -0.25) is 0 Å². The fraction of sp³-hybridized carbons (Fsp3) is 1.00. The monoisotopic (exact) mass is 202 g/mol. The molecule has 0 aromatic rings. The lowest BCUT2D eigenvalue weighted by atomic mass is 9.89. The summed E-state index contributed by atoms with van der Waals surface area (Å²) in [5, 5.41) is 19.0. The van der Waals surface area contributed by atoms with Gasteiger partial charge >= 0.3 is 0 Å². The molecule has 0 aromatic heterocycles. The predicted molar refractivity (Wildman–Crippen MR) is 60.2 cm³/mol. The van der Waals surface area contributed by atoms with E-state index >= 15 is 0 Å². The molecule has 0 aromatic carbocycles. The van der Waals surface area contributed by atoms with Gasteiger partial charge in [0.2, 0.25) is 0 Å². The molecule has 2 nitrogen and oxygen atoms in total. The van der Waals surface area contributed by atoms with Crippen LogP contribution in [0.3, 0.4) is 0 Å². The third-order valence-corrected chi connectivity index (χ3v) is 3.41. The molecule has 0 aliphatic rings. The van der Waals surface area contributed by atoms with Crippen molar-refractivity contribution in [1.29, 1.82) is 0 Å². The SMILES string of the molecule is CCC(CO)CCCC(O)(CC)CC. The Bertz CT molecular complexity index is 126. The van der Waals surface area contributed by atoms with Crippen LogP contribution >= 0.6 is 0 Å². The molecule has 0 aliphatic heterocycles. The molecular weight excluding hydrogens is 176 g/mol. The van der Waals surface area contributed by atoms with Crippen molar-refractivity contribution in [2.75, 3.05) is 6.61 Å². The summed E-state index contributed by atoms with van der Waals surface area (Å²) in [6.07, 6.45) is 5.63. The molecule has 2 N–H and O–H groups in total. The molecule has 0 fully saturated rings. The number of aliphatic hydroxyl groups is 2. The highest BCUT2D eigenvalue weighted by molar-refractivity contribution is 4.75. The zero-order valence-corrected chi connectivity index (χ0v) is 9.92. The lowest BCUT2D eigenvalue weighted by molar-refractivity contribution is 0.0194. The van der Waals surface area contributed by atoms with Gasteiger partial charge < -0.3 is 10.2 Å². The highest BCUT2D eigenvalue weighted by Crippen LogP contribution is 2.23. The molecule has 0 aliphatic carbocycles. The van der Waals surface area contributed by atoms with Crippen molar-refractivity contribution < 1.29 is 10.2 Å². The quantitative estimate of drug-likeness (QED) is 0.635. The molecular formula is C12H26O2. The lowest BCUT2D eigenvalue weighted by Gasteiger charge is -2.25. The summed E-state index contributed by atoms with van der Waals surface area (Å²) in [5.74, 6) is 0.424. The molecule has 0 amide bonds. The van der Waals surface area contributed by atoms with Gasteiger partial charge in [0.1, 0.15) is 0 Å². The van der Waals surface area contributed by atoms with Crippen LogP contribution in [0.2, 0.25) is 0 Å². The fourth-order valence-corrected chi connectivity index (χ4v) is 1.75. The van der Waals surface area contributed by atoms with Crippen molar-refractivity contribution in [3.63, 3.8) is 0 Å². The van der Waals surface area contributed by atoms with Crippen molar-refractivity contribution >= 4 is 0 Å². The molecule has 1 unspecified atom stereocenters. The Balaban J connectivity index is 3.70. The third kappa shape index (κ3) is 4.97. The molecule has 0 saturated heterocycles. The van der Waals surface area contributed by atoms with E-state index in [0.29, 0.717) is 5.92 Å². The smallest absolute Gasteiger partial charge is 0.0642 e. The number of rotatable bonds is 8. The highest BCUT2D eigenvalue weighted by Gasteiger charge is 2.21. The van der Waals surface area contributed by atoms with Crippen LogP contribution in [-0.2, 0) is 0 Å². The van der Waals surface area contributed by atoms with Crippen LogP contribution in [0.1, 0.15) is 59.3 Å². The molecule has 14 heavy (non-hydrogen) atoms. The summed E-state index contributed by atoms with van der Waals surface area (Å²) >= 11 is 0. The Hall–Kier alpha value is -0.0800. The maximum Gasteiger partial charge on any atom is 0.0642 e.